The van der Waals surface area contributed by atoms with E-state index >= 15 is 0 Å². The molecule has 0 aliphatic heterocycles. The molecule has 60 heavy (non-hydrogen) atoms. The Morgan fingerprint density at radius 3 is 1.27 bits per heavy atom. The van der Waals surface area contributed by atoms with E-state index < -0.39 is 6.10 Å². The number of carbonyl (C=O) groups excluding carboxylic acids is 2. The molecule has 5 nitrogen and oxygen atoms in total. The standard InChI is InChI=1S/C55H98O5/c1-4-7-10-13-16-19-22-25-27-28-29-31-33-36-39-42-45-48-54(56)59-52-53(51-58-50-47-44-41-38-35-32-26-23-20-17-14-11-8-5-2)60-55(57)49-46-43-40-37-34-30-24-21-18-15-12-9-6-3/h9,12,18,21,25,27,30,34,40,43,53H,4-8,10-11,13-17,19-20,22-24,26,28-29,31-33,35-39,41-42,44-52H2,1-3H3/b12-9-,21-18-,27-25-,34-30-,43-40-. The van der Waals surface area contributed by atoms with Crippen LogP contribution in [0.5, 0.6) is 0 Å². The van der Waals surface area contributed by atoms with Crippen LogP contribution in [0.15, 0.2) is 60.8 Å². The monoisotopic (exact) mass is 839 g/mol. The van der Waals surface area contributed by atoms with Crippen LogP contribution < -0.4 is 0 Å². The summed E-state index contributed by atoms with van der Waals surface area (Å²) in [5.74, 6) is -0.488. The molecule has 0 aliphatic carbocycles. The van der Waals surface area contributed by atoms with E-state index in [1.807, 2.05) is 6.08 Å². The minimum absolute atomic E-state index is 0.0562. The van der Waals surface area contributed by atoms with Gasteiger partial charge >= 0.3 is 11.9 Å². The highest BCUT2D eigenvalue weighted by molar-refractivity contribution is 5.70. The minimum atomic E-state index is -0.573. The summed E-state index contributed by atoms with van der Waals surface area (Å²) >= 11 is 0. The van der Waals surface area contributed by atoms with Crippen molar-refractivity contribution in [2.45, 2.75) is 258 Å². The molecule has 0 aliphatic rings. The quantitative estimate of drug-likeness (QED) is 0.0347. The number of rotatable bonds is 47. The van der Waals surface area contributed by atoms with Crippen molar-refractivity contribution in [3.05, 3.63) is 60.8 Å². The smallest absolute Gasteiger partial charge is 0.306 e. The Hall–Kier alpha value is -2.40. The molecule has 0 radical (unpaired) electrons. The summed E-state index contributed by atoms with van der Waals surface area (Å²) < 4.78 is 17.3. The molecule has 0 spiro atoms. The third-order valence-corrected chi connectivity index (χ3v) is 11.1. The Labute approximate surface area is 373 Å². The summed E-state index contributed by atoms with van der Waals surface area (Å²) in [6.45, 7) is 7.65. The van der Waals surface area contributed by atoms with Crippen molar-refractivity contribution < 1.29 is 23.8 Å². The van der Waals surface area contributed by atoms with Gasteiger partial charge in [0.2, 0.25) is 0 Å². The number of unbranched alkanes of at least 4 members (excludes halogenated alkanes) is 26. The van der Waals surface area contributed by atoms with E-state index in [4.69, 9.17) is 14.2 Å². The van der Waals surface area contributed by atoms with E-state index in [0.717, 1.165) is 57.8 Å². The fraction of sp³-hybridized carbons (Fsp3) is 0.782. The lowest BCUT2D eigenvalue weighted by molar-refractivity contribution is -0.162. The van der Waals surface area contributed by atoms with Crippen LogP contribution in [0.2, 0.25) is 0 Å². The maximum absolute atomic E-state index is 12.7. The normalized spacial score (nSPS) is 12.7. The van der Waals surface area contributed by atoms with Gasteiger partial charge in [-0.25, -0.2) is 0 Å². The first-order valence-electron chi connectivity index (χ1n) is 25.8. The van der Waals surface area contributed by atoms with E-state index in [1.54, 1.807) is 0 Å². The van der Waals surface area contributed by atoms with Gasteiger partial charge in [-0.05, 0) is 70.6 Å². The summed E-state index contributed by atoms with van der Waals surface area (Å²) in [6.07, 6.45) is 63.8. The molecule has 0 aromatic heterocycles. The molecule has 0 saturated heterocycles. The summed E-state index contributed by atoms with van der Waals surface area (Å²) in [6, 6.07) is 0. The highest BCUT2D eigenvalue weighted by Crippen LogP contribution is 2.15. The van der Waals surface area contributed by atoms with Gasteiger partial charge in [0, 0.05) is 19.4 Å². The molecule has 5 heteroatoms. The highest BCUT2D eigenvalue weighted by atomic mass is 16.6. The van der Waals surface area contributed by atoms with Gasteiger partial charge in [0.05, 0.1) is 6.61 Å². The molecule has 0 aromatic carbocycles. The average Bonchev–Trinajstić information content (AvgIpc) is 3.25. The molecule has 0 amide bonds. The fourth-order valence-corrected chi connectivity index (χ4v) is 7.22. The van der Waals surface area contributed by atoms with Gasteiger partial charge in [0.1, 0.15) is 6.61 Å². The van der Waals surface area contributed by atoms with Crippen LogP contribution in [0.4, 0.5) is 0 Å². The van der Waals surface area contributed by atoms with Crippen molar-refractivity contribution >= 4 is 11.9 Å². The maximum Gasteiger partial charge on any atom is 0.306 e. The van der Waals surface area contributed by atoms with Crippen LogP contribution in [-0.4, -0.2) is 37.9 Å². The Kier molecular flexibility index (Phi) is 48.9. The van der Waals surface area contributed by atoms with Crippen LogP contribution in [0, 0.1) is 0 Å². The Bertz CT molecular complexity index is 1040. The van der Waals surface area contributed by atoms with Crippen molar-refractivity contribution in [1.29, 1.82) is 0 Å². The minimum Gasteiger partial charge on any atom is -0.462 e. The van der Waals surface area contributed by atoms with Crippen molar-refractivity contribution in [2.24, 2.45) is 0 Å². The van der Waals surface area contributed by atoms with Gasteiger partial charge < -0.3 is 14.2 Å². The van der Waals surface area contributed by atoms with E-state index in [0.29, 0.717) is 25.9 Å². The van der Waals surface area contributed by atoms with Crippen LogP contribution in [0.1, 0.15) is 252 Å². The molecule has 0 fully saturated rings. The van der Waals surface area contributed by atoms with Crippen molar-refractivity contribution in [3.63, 3.8) is 0 Å². The second kappa shape index (κ2) is 51.0. The fourth-order valence-electron chi connectivity index (χ4n) is 7.22. The van der Waals surface area contributed by atoms with Crippen LogP contribution in [0.3, 0.4) is 0 Å². The zero-order chi connectivity index (χ0) is 43.5. The van der Waals surface area contributed by atoms with Crippen LogP contribution >= 0.6 is 0 Å². The van der Waals surface area contributed by atoms with Gasteiger partial charge in [-0.2, -0.15) is 0 Å². The van der Waals surface area contributed by atoms with Gasteiger partial charge in [-0.3, -0.25) is 9.59 Å². The topological polar surface area (TPSA) is 61.8 Å². The summed E-state index contributed by atoms with van der Waals surface area (Å²) in [5, 5.41) is 0. The third-order valence-electron chi connectivity index (χ3n) is 11.1. The maximum atomic E-state index is 12.7. The van der Waals surface area contributed by atoms with E-state index in [1.165, 1.54) is 154 Å². The molecule has 348 valence electrons. The van der Waals surface area contributed by atoms with E-state index in [9.17, 15) is 9.59 Å². The Morgan fingerprint density at radius 1 is 0.383 bits per heavy atom. The first-order chi connectivity index (χ1) is 29.6. The van der Waals surface area contributed by atoms with Gasteiger partial charge in [-0.1, -0.05) is 229 Å². The number of allylic oxidation sites excluding steroid dienone is 10. The third kappa shape index (κ3) is 48.3. The predicted molar refractivity (Wildman–Crippen MR) is 261 cm³/mol. The molecule has 1 unspecified atom stereocenters. The summed E-state index contributed by atoms with van der Waals surface area (Å²) in [7, 11) is 0. The molecule has 0 heterocycles. The van der Waals surface area contributed by atoms with Crippen LogP contribution in [-0.2, 0) is 23.8 Å². The van der Waals surface area contributed by atoms with Crippen molar-refractivity contribution in [1.82, 2.24) is 0 Å². The molecule has 0 bridgehead atoms. The molecular formula is C55H98O5. The summed E-state index contributed by atoms with van der Waals surface area (Å²) in [5.41, 5.74) is 0. The molecule has 0 aromatic rings. The van der Waals surface area contributed by atoms with Crippen molar-refractivity contribution in [3.8, 4) is 0 Å². The Morgan fingerprint density at radius 2 is 0.783 bits per heavy atom. The predicted octanol–water partition coefficient (Wildman–Crippen LogP) is 17.3. The lowest BCUT2D eigenvalue weighted by Crippen LogP contribution is -2.30. The highest BCUT2D eigenvalue weighted by Gasteiger charge is 2.17. The molecule has 0 N–H and O–H groups in total. The second-order valence-electron chi connectivity index (χ2n) is 17.0. The largest absolute Gasteiger partial charge is 0.462 e. The number of ether oxygens (including phenoxy) is 3. The van der Waals surface area contributed by atoms with Gasteiger partial charge in [0.25, 0.3) is 0 Å². The van der Waals surface area contributed by atoms with Gasteiger partial charge in [-0.15, -0.1) is 0 Å². The second-order valence-corrected chi connectivity index (χ2v) is 17.0. The van der Waals surface area contributed by atoms with Gasteiger partial charge in [0.15, 0.2) is 6.10 Å². The van der Waals surface area contributed by atoms with E-state index in [-0.39, 0.29) is 25.2 Å². The summed E-state index contributed by atoms with van der Waals surface area (Å²) in [4.78, 5) is 25.3. The van der Waals surface area contributed by atoms with Crippen LogP contribution in [0.25, 0.3) is 0 Å². The first-order valence-corrected chi connectivity index (χ1v) is 25.8. The Balaban J connectivity index is 4.31. The number of hydrogen-bond donors (Lipinski definition) is 0. The number of carbonyl (C=O) groups is 2. The molecule has 1 atom stereocenters. The molecule has 0 saturated carbocycles. The number of esters is 2. The zero-order valence-electron chi connectivity index (χ0n) is 40.0. The zero-order valence-corrected chi connectivity index (χ0v) is 40.0. The SMILES string of the molecule is CC/C=C\C/C=C\C/C=C\C/C=C\CCC(=O)OC(COCCCCCCCCCCCCCCCC)COC(=O)CCCCCCCCC/C=C\CCCCCCCC. The molecular weight excluding hydrogens is 741 g/mol. The number of hydrogen-bond acceptors (Lipinski definition) is 5. The lowest BCUT2D eigenvalue weighted by atomic mass is 10.0. The van der Waals surface area contributed by atoms with E-state index in [2.05, 4.69) is 75.5 Å². The average molecular weight is 839 g/mol. The lowest BCUT2D eigenvalue weighted by Gasteiger charge is -2.18. The van der Waals surface area contributed by atoms with Crippen molar-refractivity contribution in [2.75, 3.05) is 19.8 Å². The molecule has 0 rings (SSSR count). The first kappa shape index (κ1) is 57.6.